The van der Waals surface area contributed by atoms with Gasteiger partial charge in [-0.15, -0.1) is 0 Å². The summed E-state index contributed by atoms with van der Waals surface area (Å²) in [6.07, 6.45) is 4.97. The fourth-order valence-electron chi connectivity index (χ4n) is 4.63. The maximum atomic E-state index is 13.8. The summed E-state index contributed by atoms with van der Waals surface area (Å²) < 4.78 is 26.9. The predicted molar refractivity (Wildman–Crippen MR) is 150 cm³/mol. The summed E-state index contributed by atoms with van der Waals surface area (Å²) in [5.41, 5.74) is 1.73. The van der Waals surface area contributed by atoms with Gasteiger partial charge < -0.3 is 10.2 Å². The number of nitrogens with one attached hydrogen (secondary N) is 1. The third kappa shape index (κ3) is 7.39. The number of para-hydroxylation sites is 1. The summed E-state index contributed by atoms with van der Waals surface area (Å²) in [5, 5.41) is 3.76. The van der Waals surface area contributed by atoms with Crippen molar-refractivity contribution in [3.8, 4) is 0 Å². The van der Waals surface area contributed by atoms with Crippen LogP contribution < -0.4 is 9.62 Å². The van der Waals surface area contributed by atoms with E-state index < -0.39 is 28.5 Å². The van der Waals surface area contributed by atoms with Crippen LogP contribution in [0.4, 0.5) is 5.69 Å². The van der Waals surface area contributed by atoms with Gasteiger partial charge >= 0.3 is 0 Å². The summed E-state index contributed by atoms with van der Waals surface area (Å²) in [6.45, 7) is 5.05. The maximum absolute atomic E-state index is 13.8. The molecular formula is C27H35Cl2N3O4S. The molecule has 0 heterocycles. The zero-order valence-electron chi connectivity index (χ0n) is 21.7. The van der Waals surface area contributed by atoms with Crippen molar-refractivity contribution in [3.63, 3.8) is 0 Å². The molecule has 0 aromatic heterocycles. The molecule has 2 aromatic carbocycles. The van der Waals surface area contributed by atoms with E-state index in [1.54, 1.807) is 37.3 Å². The van der Waals surface area contributed by atoms with Gasteiger partial charge in [0.2, 0.25) is 21.8 Å². The highest BCUT2D eigenvalue weighted by molar-refractivity contribution is 7.92. The Labute approximate surface area is 230 Å². The molecular weight excluding hydrogens is 533 g/mol. The van der Waals surface area contributed by atoms with E-state index in [1.807, 2.05) is 26.0 Å². The highest BCUT2D eigenvalue weighted by Gasteiger charge is 2.32. The molecule has 37 heavy (non-hydrogen) atoms. The summed E-state index contributed by atoms with van der Waals surface area (Å²) in [7, 11) is -3.82. The Bertz CT molecular complexity index is 1210. The number of sulfonamides is 1. The predicted octanol–water partition coefficient (Wildman–Crippen LogP) is 5.36. The van der Waals surface area contributed by atoms with Crippen molar-refractivity contribution in [3.05, 3.63) is 63.6 Å². The summed E-state index contributed by atoms with van der Waals surface area (Å²) >= 11 is 12.8. The fraction of sp³-hybridized carbons (Fsp3) is 0.481. The average molecular weight is 569 g/mol. The number of carbonyl (C=O) groups excluding carboxylic acids is 2. The molecule has 1 N–H and O–H groups in total. The molecule has 202 valence electrons. The second-order valence-corrected chi connectivity index (χ2v) is 12.6. The van der Waals surface area contributed by atoms with Crippen LogP contribution in [0.3, 0.4) is 0 Å². The minimum atomic E-state index is -3.82. The molecule has 3 rings (SSSR count). The van der Waals surface area contributed by atoms with E-state index in [0.29, 0.717) is 21.3 Å². The number of halogens is 2. The lowest BCUT2D eigenvalue weighted by Crippen LogP contribution is -2.52. The van der Waals surface area contributed by atoms with Crippen LogP contribution in [0.5, 0.6) is 0 Å². The molecule has 2 amide bonds. The zero-order valence-corrected chi connectivity index (χ0v) is 24.0. The first kappa shape index (κ1) is 29.3. The van der Waals surface area contributed by atoms with Crippen LogP contribution >= 0.6 is 23.2 Å². The Morgan fingerprint density at radius 1 is 1.00 bits per heavy atom. The van der Waals surface area contributed by atoms with Crippen LogP contribution in [0.15, 0.2) is 42.5 Å². The minimum Gasteiger partial charge on any atom is -0.352 e. The largest absolute Gasteiger partial charge is 0.352 e. The number of amides is 2. The number of benzene rings is 2. The van der Waals surface area contributed by atoms with Gasteiger partial charge in [-0.25, -0.2) is 8.42 Å². The molecule has 1 atom stereocenters. The third-order valence-electron chi connectivity index (χ3n) is 6.77. The molecule has 7 nitrogen and oxygen atoms in total. The van der Waals surface area contributed by atoms with Crippen LogP contribution in [-0.2, 0) is 26.2 Å². The highest BCUT2D eigenvalue weighted by Crippen LogP contribution is 2.30. The molecule has 0 spiro atoms. The van der Waals surface area contributed by atoms with Crippen molar-refractivity contribution in [2.45, 2.75) is 71.0 Å². The molecule has 0 radical (unpaired) electrons. The van der Waals surface area contributed by atoms with E-state index in [4.69, 9.17) is 23.2 Å². The first-order chi connectivity index (χ1) is 17.4. The second kappa shape index (κ2) is 12.5. The standard InChI is InChI=1S/C27H35Cl2N3O4S/c1-18(2)21-12-7-8-15-25(21)32(37(4,35)36)17-26(33)31(16-22-23(28)13-9-14-24(22)29)19(3)27(34)30-20-10-5-6-11-20/h7-9,12-15,18-20H,5-6,10-11,16-17H2,1-4H3,(H,30,34)/t19-/m1/s1. The van der Waals surface area contributed by atoms with Gasteiger partial charge in [0.25, 0.3) is 0 Å². The molecule has 10 heteroatoms. The lowest BCUT2D eigenvalue weighted by Gasteiger charge is -2.33. The Kier molecular flexibility index (Phi) is 9.89. The van der Waals surface area contributed by atoms with E-state index in [-0.39, 0.29) is 24.4 Å². The van der Waals surface area contributed by atoms with E-state index in [0.717, 1.165) is 41.8 Å². The van der Waals surface area contributed by atoms with Crippen molar-refractivity contribution in [1.29, 1.82) is 0 Å². The molecule has 0 bridgehead atoms. The lowest BCUT2D eigenvalue weighted by molar-refractivity contribution is -0.139. The van der Waals surface area contributed by atoms with Gasteiger partial charge in [-0.1, -0.05) is 74.2 Å². The van der Waals surface area contributed by atoms with Gasteiger partial charge in [0.05, 0.1) is 11.9 Å². The third-order valence-corrected chi connectivity index (χ3v) is 8.60. The Hall–Kier alpha value is -2.29. The van der Waals surface area contributed by atoms with Gasteiger partial charge in [0.15, 0.2) is 0 Å². The van der Waals surface area contributed by atoms with Crippen LogP contribution in [-0.4, -0.2) is 50.0 Å². The Morgan fingerprint density at radius 3 is 2.16 bits per heavy atom. The van der Waals surface area contributed by atoms with Crippen molar-refractivity contribution in [1.82, 2.24) is 10.2 Å². The van der Waals surface area contributed by atoms with Crippen LogP contribution in [0.25, 0.3) is 0 Å². The summed E-state index contributed by atoms with van der Waals surface area (Å²) in [4.78, 5) is 28.4. The number of nitrogens with zero attached hydrogens (tertiary/aromatic N) is 2. The number of carbonyl (C=O) groups is 2. The maximum Gasteiger partial charge on any atom is 0.244 e. The van der Waals surface area contributed by atoms with Crippen molar-refractivity contribution in [2.24, 2.45) is 0 Å². The number of hydrogen-bond acceptors (Lipinski definition) is 4. The van der Waals surface area contributed by atoms with Crippen molar-refractivity contribution < 1.29 is 18.0 Å². The first-order valence-electron chi connectivity index (χ1n) is 12.5. The van der Waals surface area contributed by atoms with E-state index >= 15 is 0 Å². The average Bonchev–Trinajstić information content (AvgIpc) is 3.34. The number of hydrogen-bond donors (Lipinski definition) is 1. The summed E-state index contributed by atoms with van der Waals surface area (Å²) in [5.74, 6) is -0.796. The molecule has 1 saturated carbocycles. The number of anilines is 1. The summed E-state index contributed by atoms with van der Waals surface area (Å²) in [6, 6.07) is 11.3. The lowest BCUT2D eigenvalue weighted by atomic mass is 10.0. The van der Waals surface area contributed by atoms with Crippen molar-refractivity contribution >= 4 is 50.7 Å². The Morgan fingerprint density at radius 2 is 1.59 bits per heavy atom. The fourth-order valence-corrected chi connectivity index (χ4v) is 6.01. The topological polar surface area (TPSA) is 86.8 Å². The SMILES string of the molecule is CC(C)c1ccccc1N(CC(=O)N(Cc1c(Cl)cccc1Cl)[C@H](C)C(=O)NC1CCCC1)S(C)(=O)=O. The zero-order chi connectivity index (χ0) is 27.3. The van der Waals surface area contributed by atoms with Crippen LogP contribution in [0.2, 0.25) is 10.0 Å². The second-order valence-electron chi connectivity index (χ2n) is 9.87. The molecule has 2 aromatic rings. The van der Waals surface area contributed by atoms with E-state index in [2.05, 4.69) is 5.32 Å². The molecule has 0 aliphatic heterocycles. The molecule has 0 unspecified atom stereocenters. The molecule has 1 fully saturated rings. The van der Waals surface area contributed by atoms with Gasteiger partial charge in [-0.2, -0.15) is 0 Å². The highest BCUT2D eigenvalue weighted by atomic mass is 35.5. The van der Waals surface area contributed by atoms with Crippen molar-refractivity contribution in [2.75, 3.05) is 17.1 Å². The smallest absolute Gasteiger partial charge is 0.244 e. The minimum absolute atomic E-state index is 0.0321. The van der Waals surface area contributed by atoms with E-state index in [9.17, 15) is 18.0 Å². The number of rotatable bonds is 10. The molecule has 0 saturated heterocycles. The van der Waals surface area contributed by atoms with Crippen LogP contribution in [0, 0.1) is 0 Å². The van der Waals surface area contributed by atoms with Gasteiger partial charge in [-0.3, -0.25) is 13.9 Å². The van der Waals surface area contributed by atoms with Crippen LogP contribution in [0.1, 0.15) is 63.5 Å². The van der Waals surface area contributed by atoms with Gasteiger partial charge in [-0.05, 0) is 49.4 Å². The quantitative estimate of drug-likeness (QED) is 0.418. The van der Waals surface area contributed by atoms with E-state index in [1.165, 1.54) is 4.90 Å². The van der Waals surface area contributed by atoms with Gasteiger partial charge in [0, 0.05) is 28.2 Å². The molecule has 1 aliphatic carbocycles. The van der Waals surface area contributed by atoms with Gasteiger partial charge in [0.1, 0.15) is 12.6 Å². The Balaban J connectivity index is 1.97. The monoisotopic (exact) mass is 567 g/mol. The first-order valence-corrected chi connectivity index (χ1v) is 15.1. The molecule has 1 aliphatic rings. The normalized spacial score (nSPS) is 15.0.